The standard InChI is InChI=1S/C16H22N2O3.ClH/c1-3-21-16(20)13-5-4-6-14(10-13)18-15(19)12-7-8-17-11(2)9-12;/h4-6,10-12,17H,3,7-9H2,1-2H3,(H,18,19);1H/t11-,12-;/m0./s1. The molecule has 1 aliphatic heterocycles. The average Bonchev–Trinajstić information content (AvgIpc) is 2.48. The second kappa shape index (κ2) is 8.76. The zero-order valence-corrected chi connectivity index (χ0v) is 13.7. The number of carbonyl (C=O) groups excluding carboxylic acids is 2. The number of piperidine rings is 1. The van der Waals surface area contributed by atoms with E-state index in [-0.39, 0.29) is 30.2 Å². The quantitative estimate of drug-likeness (QED) is 0.835. The SMILES string of the molecule is CCOC(=O)c1cccc(NC(=O)[C@H]2CCN[C@@H](C)C2)c1.Cl. The number of nitrogens with one attached hydrogen (secondary N) is 2. The van der Waals surface area contributed by atoms with Gasteiger partial charge in [0, 0.05) is 17.6 Å². The largest absolute Gasteiger partial charge is 0.462 e. The van der Waals surface area contributed by atoms with Crippen molar-refractivity contribution >= 4 is 30.0 Å². The number of halogens is 1. The molecule has 0 spiro atoms. The monoisotopic (exact) mass is 326 g/mol. The van der Waals surface area contributed by atoms with Gasteiger partial charge in [0.15, 0.2) is 0 Å². The Hall–Kier alpha value is -1.59. The van der Waals surface area contributed by atoms with Crippen LogP contribution in [0.5, 0.6) is 0 Å². The third-order valence-corrected chi connectivity index (χ3v) is 3.64. The van der Waals surface area contributed by atoms with Crippen molar-refractivity contribution < 1.29 is 14.3 Å². The molecule has 0 bridgehead atoms. The summed E-state index contributed by atoms with van der Waals surface area (Å²) >= 11 is 0. The van der Waals surface area contributed by atoms with Crippen molar-refractivity contribution in [3.05, 3.63) is 29.8 Å². The molecule has 0 unspecified atom stereocenters. The molecule has 1 amide bonds. The van der Waals surface area contributed by atoms with Crippen LogP contribution in [0.25, 0.3) is 0 Å². The maximum Gasteiger partial charge on any atom is 0.338 e. The van der Waals surface area contributed by atoms with E-state index in [1.54, 1.807) is 31.2 Å². The van der Waals surface area contributed by atoms with Gasteiger partial charge in [-0.15, -0.1) is 12.4 Å². The summed E-state index contributed by atoms with van der Waals surface area (Å²) in [6.45, 7) is 5.05. The summed E-state index contributed by atoms with van der Waals surface area (Å²) in [5.74, 6) is -0.332. The number of carbonyl (C=O) groups is 2. The van der Waals surface area contributed by atoms with Gasteiger partial charge in [-0.3, -0.25) is 4.79 Å². The molecule has 1 saturated heterocycles. The summed E-state index contributed by atoms with van der Waals surface area (Å²) in [5.41, 5.74) is 1.09. The van der Waals surface area contributed by atoms with Gasteiger partial charge in [0.2, 0.25) is 5.91 Å². The minimum atomic E-state index is -0.371. The first-order valence-electron chi connectivity index (χ1n) is 7.41. The molecule has 0 aromatic heterocycles. The molecule has 1 fully saturated rings. The van der Waals surface area contributed by atoms with Gasteiger partial charge in [-0.1, -0.05) is 6.07 Å². The Labute approximate surface area is 137 Å². The second-order valence-electron chi connectivity index (χ2n) is 5.37. The van der Waals surface area contributed by atoms with E-state index in [0.29, 0.717) is 23.9 Å². The fourth-order valence-electron chi connectivity index (χ4n) is 2.55. The molecule has 1 aromatic carbocycles. The molecule has 0 aliphatic carbocycles. The van der Waals surface area contributed by atoms with Gasteiger partial charge < -0.3 is 15.4 Å². The third-order valence-electron chi connectivity index (χ3n) is 3.64. The van der Waals surface area contributed by atoms with Crippen LogP contribution in [-0.4, -0.2) is 31.1 Å². The molecule has 1 aromatic rings. The smallest absolute Gasteiger partial charge is 0.338 e. The van der Waals surface area contributed by atoms with Gasteiger partial charge in [0.25, 0.3) is 0 Å². The molecule has 1 heterocycles. The van der Waals surface area contributed by atoms with Crippen molar-refractivity contribution in [2.75, 3.05) is 18.5 Å². The van der Waals surface area contributed by atoms with Crippen molar-refractivity contribution in [2.45, 2.75) is 32.7 Å². The van der Waals surface area contributed by atoms with E-state index >= 15 is 0 Å². The lowest BCUT2D eigenvalue weighted by Crippen LogP contribution is -2.40. The van der Waals surface area contributed by atoms with E-state index in [1.807, 2.05) is 0 Å². The summed E-state index contributed by atoms with van der Waals surface area (Å²) in [5, 5.41) is 6.22. The molecule has 2 N–H and O–H groups in total. The van der Waals surface area contributed by atoms with Crippen LogP contribution in [0.2, 0.25) is 0 Å². The second-order valence-corrected chi connectivity index (χ2v) is 5.37. The van der Waals surface area contributed by atoms with Crippen LogP contribution >= 0.6 is 12.4 Å². The Morgan fingerprint density at radius 3 is 2.86 bits per heavy atom. The van der Waals surface area contributed by atoms with Crippen LogP contribution in [0.4, 0.5) is 5.69 Å². The topological polar surface area (TPSA) is 67.4 Å². The Morgan fingerprint density at radius 2 is 2.18 bits per heavy atom. The molecule has 22 heavy (non-hydrogen) atoms. The van der Waals surface area contributed by atoms with Crippen LogP contribution in [0.15, 0.2) is 24.3 Å². The number of benzene rings is 1. The summed E-state index contributed by atoms with van der Waals surface area (Å²) in [6, 6.07) is 7.22. The highest BCUT2D eigenvalue weighted by atomic mass is 35.5. The van der Waals surface area contributed by atoms with Crippen LogP contribution in [0.1, 0.15) is 37.0 Å². The van der Waals surface area contributed by atoms with Crippen molar-refractivity contribution in [3.8, 4) is 0 Å². The fraction of sp³-hybridized carbons (Fsp3) is 0.500. The third kappa shape index (κ3) is 5.00. The van der Waals surface area contributed by atoms with Gasteiger partial charge in [-0.2, -0.15) is 0 Å². The van der Waals surface area contributed by atoms with Gasteiger partial charge in [0.05, 0.1) is 12.2 Å². The molecule has 122 valence electrons. The molecular formula is C16H23ClN2O3. The van der Waals surface area contributed by atoms with Crippen LogP contribution in [-0.2, 0) is 9.53 Å². The highest BCUT2D eigenvalue weighted by Crippen LogP contribution is 2.19. The van der Waals surface area contributed by atoms with Crippen molar-refractivity contribution in [1.82, 2.24) is 5.32 Å². The van der Waals surface area contributed by atoms with E-state index < -0.39 is 0 Å². The molecule has 2 atom stereocenters. The van der Waals surface area contributed by atoms with Crippen molar-refractivity contribution in [1.29, 1.82) is 0 Å². The maximum atomic E-state index is 12.3. The Balaban J connectivity index is 0.00000242. The predicted molar refractivity (Wildman–Crippen MR) is 88.5 cm³/mol. The van der Waals surface area contributed by atoms with E-state index in [1.165, 1.54) is 0 Å². The van der Waals surface area contributed by atoms with Gasteiger partial charge >= 0.3 is 5.97 Å². The molecule has 0 saturated carbocycles. The van der Waals surface area contributed by atoms with E-state index in [9.17, 15) is 9.59 Å². The number of ether oxygens (including phenoxy) is 1. The van der Waals surface area contributed by atoms with Crippen LogP contribution in [0, 0.1) is 5.92 Å². The number of rotatable bonds is 4. The zero-order chi connectivity index (χ0) is 15.2. The average molecular weight is 327 g/mol. The highest BCUT2D eigenvalue weighted by molar-refractivity contribution is 5.95. The molecule has 0 radical (unpaired) electrons. The fourth-order valence-corrected chi connectivity index (χ4v) is 2.55. The molecule has 1 aliphatic rings. The minimum Gasteiger partial charge on any atom is -0.462 e. The molecule has 2 rings (SSSR count). The highest BCUT2D eigenvalue weighted by Gasteiger charge is 2.24. The summed E-state index contributed by atoms with van der Waals surface area (Å²) in [6.07, 6.45) is 1.68. The first-order chi connectivity index (χ1) is 10.1. The summed E-state index contributed by atoms with van der Waals surface area (Å²) in [7, 11) is 0. The maximum absolute atomic E-state index is 12.3. The molecule has 6 heteroatoms. The first kappa shape index (κ1) is 18.5. The Kier molecular flexibility index (Phi) is 7.35. The van der Waals surface area contributed by atoms with Crippen LogP contribution in [0.3, 0.4) is 0 Å². The zero-order valence-electron chi connectivity index (χ0n) is 12.9. The lowest BCUT2D eigenvalue weighted by atomic mass is 9.92. The summed E-state index contributed by atoms with van der Waals surface area (Å²) in [4.78, 5) is 23.9. The minimum absolute atomic E-state index is 0. The predicted octanol–water partition coefficient (Wildman–Crippen LogP) is 2.61. The Morgan fingerprint density at radius 1 is 1.41 bits per heavy atom. The number of amides is 1. The van der Waals surface area contributed by atoms with Crippen LogP contribution < -0.4 is 10.6 Å². The van der Waals surface area contributed by atoms with Gasteiger partial charge in [-0.05, 0) is 51.4 Å². The van der Waals surface area contributed by atoms with Gasteiger partial charge in [0.1, 0.15) is 0 Å². The van der Waals surface area contributed by atoms with Crippen molar-refractivity contribution in [3.63, 3.8) is 0 Å². The Bertz CT molecular complexity index is 522. The summed E-state index contributed by atoms with van der Waals surface area (Å²) < 4.78 is 4.96. The molecular weight excluding hydrogens is 304 g/mol. The number of esters is 1. The first-order valence-corrected chi connectivity index (χ1v) is 7.41. The van der Waals surface area contributed by atoms with E-state index in [2.05, 4.69) is 17.6 Å². The van der Waals surface area contributed by atoms with Crippen molar-refractivity contribution in [2.24, 2.45) is 5.92 Å². The number of anilines is 1. The number of hydrogen-bond acceptors (Lipinski definition) is 4. The molecule has 5 nitrogen and oxygen atoms in total. The lowest BCUT2D eigenvalue weighted by Gasteiger charge is -2.27. The van der Waals surface area contributed by atoms with E-state index in [0.717, 1.165) is 19.4 Å². The van der Waals surface area contributed by atoms with Gasteiger partial charge in [-0.25, -0.2) is 4.79 Å². The van der Waals surface area contributed by atoms with E-state index in [4.69, 9.17) is 4.74 Å². The lowest BCUT2D eigenvalue weighted by molar-refractivity contribution is -0.120. The number of hydrogen-bond donors (Lipinski definition) is 2. The normalized spacial score (nSPS) is 20.6.